The molecule has 0 aliphatic heterocycles. The summed E-state index contributed by atoms with van der Waals surface area (Å²) in [4.78, 5) is 20.3. The summed E-state index contributed by atoms with van der Waals surface area (Å²) in [6, 6.07) is 3.50. The highest BCUT2D eigenvalue weighted by Gasteiger charge is 2.32. The molecule has 8 nitrogen and oxygen atoms in total. The molecule has 3 rings (SSSR count). The van der Waals surface area contributed by atoms with Gasteiger partial charge < -0.3 is 20.3 Å². The van der Waals surface area contributed by atoms with Crippen LogP contribution in [0.2, 0.25) is 0 Å². The van der Waals surface area contributed by atoms with Gasteiger partial charge in [-0.25, -0.2) is 13.6 Å². The van der Waals surface area contributed by atoms with E-state index in [0.717, 1.165) is 6.07 Å². The summed E-state index contributed by atoms with van der Waals surface area (Å²) in [6.45, 7) is 1.45. The van der Waals surface area contributed by atoms with Crippen molar-refractivity contribution in [2.75, 3.05) is 11.1 Å². The van der Waals surface area contributed by atoms with Crippen LogP contribution in [0.5, 0.6) is 0 Å². The van der Waals surface area contributed by atoms with Gasteiger partial charge in [0.15, 0.2) is 11.1 Å². The SMILES string of the molecule is C[C@H](CCC(=O)O[C@@H]1CC[C@H](c2cnc(Nc3ccc(S(=O)O)cc3F)nc2N)C1)CC(F)(F)F. The first-order valence-electron chi connectivity index (χ1n) is 11.0. The molecular formula is C22H26F4N4O4S. The summed E-state index contributed by atoms with van der Waals surface area (Å²) >= 11 is -2.31. The number of nitrogen functional groups attached to an aromatic ring is 1. The summed E-state index contributed by atoms with van der Waals surface area (Å²) in [5, 5.41) is 2.67. The first kappa shape index (κ1) is 26.8. The third kappa shape index (κ3) is 7.85. The Morgan fingerprint density at radius 3 is 2.74 bits per heavy atom. The molecule has 13 heteroatoms. The maximum atomic E-state index is 14.2. The van der Waals surface area contributed by atoms with E-state index in [1.54, 1.807) is 0 Å². The molecule has 4 atom stereocenters. The summed E-state index contributed by atoms with van der Waals surface area (Å²) in [5.74, 6) is -1.79. The fourth-order valence-corrected chi connectivity index (χ4v) is 4.43. The smallest absolute Gasteiger partial charge is 0.389 e. The molecule has 1 aliphatic carbocycles. The van der Waals surface area contributed by atoms with Gasteiger partial charge in [0.25, 0.3) is 0 Å². The fraction of sp³-hybridized carbons (Fsp3) is 0.500. The monoisotopic (exact) mass is 518 g/mol. The molecular weight excluding hydrogens is 492 g/mol. The van der Waals surface area contributed by atoms with Crippen molar-refractivity contribution in [1.29, 1.82) is 0 Å². The van der Waals surface area contributed by atoms with Crippen molar-refractivity contribution in [3.63, 3.8) is 0 Å². The number of ether oxygens (including phenoxy) is 1. The number of carbonyl (C=O) groups is 1. The molecule has 1 aromatic carbocycles. The number of hydrogen-bond donors (Lipinski definition) is 3. The maximum Gasteiger partial charge on any atom is 0.389 e. The van der Waals surface area contributed by atoms with Gasteiger partial charge in [0.05, 0.1) is 10.6 Å². The maximum absolute atomic E-state index is 14.2. The number of rotatable bonds is 9. The van der Waals surface area contributed by atoms with E-state index >= 15 is 0 Å². The van der Waals surface area contributed by atoms with Crippen LogP contribution in [0.15, 0.2) is 29.3 Å². The van der Waals surface area contributed by atoms with Gasteiger partial charge in [0.2, 0.25) is 5.95 Å². The minimum atomic E-state index is -4.25. The summed E-state index contributed by atoms with van der Waals surface area (Å²) in [6.07, 6.45) is -2.29. The molecule has 0 spiro atoms. The second-order valence-electron chi connectivity index (χ2n) is 8.63. The molecule has 0 radical (unpaired) electrons. The van der Waals surface area contributed by atoms with Crippen molar-refractivity contribution in [3.05, 3.63) is 35.8 Å². The Balaban J connectivity index is 1.53. The highest BCUT2D eigenvalue weighted by molar-refractivity contribution is 7.79. The van der Waals surface area contributed by atoms with Gasteiger partial charge >= 0.3 is 12.1 Å². The largest absolute Gasteiger partial charge is 0.462 e. The van der Waals surface area contributed by atoms with Crippen LogP contribution in [0.4, 0.5) is 35.0 Å². The molecule has 4 N–H and O–H groups in total. The lowest BCUT2D eigenvalue weighted by molar-refractivity contribution is -0.152. The van der Waals surface area contributed by atoms with Crippen molar-refractivity contribution < 1.29 is 35.9 Å². The Labute approximate surface area is 202 Å². The van der Waals surface area contributed by atoms with E-state index in [-0.39, 0.29) is 47.2 Å². The highest BCUT2D eigenvalue weighted by atomic mass is 32.2. The Morgan fingerprint density at radius 2 is 2.11 bits per heavy atom. The molecule has 192 valence electrons. The molecule has 0 amide bonds. The summed E-state index contributed by atoms with van der Waals surface area (Å²) < 4.78 is 76.9. The van der Waals surface area contributed by atoms with E-state index in [2.05, 4.69) is 15.3 Å². The third-order valence-electron chi connectivity index (χ3n) is 5.78. The van der Waals surface area contributed by atoms with Gasteiger partial charge in [0, 0.05) is 24.6 Å². The van der Waals surface area contributed by atoms with Crippen LogP contribution in [0.25, 0.3) is 0 Å². The van der Waals surface area contributed by atoms with Crippen LogP contribution in [0, 0.1) is 11.7 Å². The predicted molar refractivity (Wildman–Crippen MR) is 121 cm³/mol. The van der Waals surface area contributed by atoms with E-state index < -0.39 is 41.4 Å². The number of anilines is 3. The molecule has 1 unspecified atom stereocenters. The number of hydrogen-bond acceptors (Lipinski definition) is 7. The van der Waals surface area contributed by atoms with E-state index in [0.29, 0.717) is 24.8 Å². The van der Waals surface area contributed by atoms with Crippen LogP contribution in [0.3, 0.4) is 0 Å². The van der Waals surface area contributed by atoms with Crippen molar-refractivity contribution in [2.24, 2.45) is 5.92 Å². The number of aromatic nitrogens is 2. The quantitative estimate of drug-likeness (QED) is 0.239. The lowest BCUT2D eigenvalue weighted by Gasteiger charge is -2.16. The number of nitrogens with zero attached hydrogens (tertiary/aromatic N) is 2. The first-order valence-corrected chi connectivity index (χ1v) is 12.1. The lowest BCUT2D eigenvalue weighted by Crippen LogP contribution is -2.18. The number of alkyl halides is 3. The number of esters is 1. The lowest BCUT2D eigenvalue weighted by atomic mass is 10.00. The molecule has 1 aromatic heterocycles. The second kappa shape index (κ2) is 11.3. The van der Waals surface area contributed by atoms with Crippen LogP contribution in [0.1, 0.15) is 56.9 Å². The average Bonchev–Trinajstić information content (AvgIpc) is 3.20. The normalized spacial score (nSPS) is 19.8. The second-order valence-corrected chi connectivity index (χ2v) is 9.60. The van der Waals surface area contributed by atoms with Crippen molar-refractivity contribution in [3.8, 4) is 0 Å². The van der Waals surface area contributed by atoms with Gasteiger partial charge in [-0.05, 0) is 55.7 Å². The van der Waals surface area contributed by atoms with Crippen molar-refractivity contribution in [2.45, 2.75) is 68.5 Å². The molecule has 1 heterocycles. The molecule has 1 saturated carbocycles. The molecule has 2 aromatic rings. The number of benzene rings is 1. The topological polar surface area (TPSA) is 127 Å². The van der Waals surface area contributed by atoms with Crippen LogP contribution < -0.4 is 11.1 Å². The molecule has 0 bridgehead atoms. The van der Waals surface area contributed by atoms with E-state index in [9.17, 15) is 26.6 Å². The van der Waals surface area contributed by atoms with Crippen molar-refractivity contribution in [1.82, 2.24) is 9.97 Å². The molecule has 35 heavy (non-hydrogen) atoms. The van der Waals surface area contributed by atoms with Gasteiger partial charge in [-0.3, -0.25) is 4.79 Å². The van der Waals surface area contributed by atoms with Gasteiger partial charge in [0.1, 0.15) is 17.7 Å². The Morgan fingerprint density at radius 1 is 1.37 bits per heavy atom. The standard InChI is InChI=1S/C22H26F4N4O4S/c1-12(10-22(24,25)26)2-7-19(31)34-14-4-3-13(8-14)16-11-28-21(30-20(16)27)29-18-6-5-15(35(32)33)9-17(18)23/h5-6,9,11-14H,2-4,7-8,10H2,1H3,(H,32,33)(H3,27,28,29,30)/t12-,13+,14-/m1/s1. The zero-order valence-electron chi connectivity index (χ0n) is 18.8. The highest BCUT2D eigenvalue weighted by Crippen LogP contribution is 2.38. The van der Waals surface area contributed by atoms with Crippen molar-refractivity contribution >= 4 is 34.5 Å². The molecule has 0 saturated heterocycles. The zero-order valence-corrected chi connectivity index (χ0v) is 19.7. The van der Waals surface area contributed by atoms with Gasteiger partial charge in [-0.15, -0.1) is 0 Å². The number of carbonyl (C=O) groups excluding carboxylic acids is 1. The number of halogens is 4. The van der Waals surface area contributed by atoms with Crippen LogP contribution >= 0.6 is 0 Å². The Bertz CT molecular complexity index is 1090. The minimum absolute atomic E-state index is 0.00347. The Kier molecular flexibility index (Phi) is 8.65. The number of nitrogens with one attached hydrogen (secondary N) is 1. The average molecular weight is 519 g/mol. The molecule has 1 fully saturated rings. The first-order chi connectivity index (χ1) is 16.4. The fourth-order valence-electron chi connectivity index (χ4n) is 4.04. The number of nitrogens with two attached hydrogens (primary N) is 1. The van der Waals surface area contributed by atoms with E-state index in [1.165, 1.54) is 25.3 Å². The van der Waals surface area contributed by atoms with E-state index in [4.69, 9.17) is 15.0 Å². The Hall–Kier alpha value is -2.80. The zero-order chi connectivity index (χ0) is 25.8. The van der Waals surface area contributed by atoms with Gasteiger partial charge in [-0.1, -0.05) is 6.92 Å². The van der Waals surface area contributed by atoms with E-state index in [1.807, 2.05) is 0 Å². The third-order valence-corrected chi connectivity index (χ3v) is 6.44. The predicted octanol–water partition coefficient (Wildman–Crippen LogP) is 5.07. The van der Waals surface area contributed by atoms with Crippen LogP contribution in [-0.2, 0) is 20.6 Å². The minimum Gasteiger partial charge on any atom is -0.462 e. The van der Waals surface area contributed by atoms with Gasteiger partial charge in [-0.2, -0.15) is 18.2 Å². The summed E-state index contributed by atoms with van der Waals surface area (Å²) in [5.41, 5.74) is 6.73. The molecule has 1 aliphatic rings. The summed E-state index contributed by atoms with van der Waals surface area (Å²) in [7, 11) is 0. The van der Waals surface area contributed by atoms with Crippen LogP contribution in [-0.4, -0.2) is 37.0 Å².